The highest BCUT2D eigenvalue weighted by Crippen LogP contribution is 2.32. The molecule has 29 heavy (non-hydrogen) atoms. The van der Waals surface area contributed by atoms with Gasteiger partial charge in [0, 0.05) is 50.9 Å². The number of rotatable bonds is 6. The number of carbonyl (C=O) groups excluding carboxylic acids is 2. The Morgan fingerprint density at radius 2 is 1.69 bits per heavy atom. The Balaban J connectivity index is 1.38. The second kappa shape index (κ2) is 8.61. The molecule has 2 heterocycles. The molecule has 1 saturated carbocycles. The van der Waals surface area contributed by atoms with E-state index in [0.29, 0.717) is 30.2 Å². The number of hydrogen-bond acceptors (Lipinski definition) is 5. The molecule has 0 spiro atoms. The summed E-state index contributed by atoms with van der Waals surface area (Å²) in [6.45, 7) is 4.74. The molecule has 1 aromatic carbocycles. The molecule has 0 bridgehead atoms. The van der Waals surface area contributed by atoms with E-state index < -0.39 is 0 Å². The highest BCUT2D eigenvalue weighted by Gasteiger charge is 2.38. The summed E-state index contributed by atoms with van der Waals surface area (Å²) in [6.07, 6.45) is 4.32. The van der Waals surface area contributed by atoms with Crippen LogP contribution in [0, 0.1) is 5.92 Å². The lowest BCUT2D eigenvalue weighted by atomic mass is 10.1. The number of amides is 2. The molecule has 3 fully saturated rings. The summed E-state index contributed by atoms with van der Waals surface area (Å²) in [5.41, 5.74) is 0.571. The average molecular weight is 402 g/mol. The highest BCUT2D eigenvalue weighted by atomic mass is 16.5. The molecule has 3 aliphatic rings. The van der Waals surface area contributed by atoms with Crippen molar-refractivity contribution in [2.75, 3.05) is 53.5 Å². The van der Waals surface area contributed by atoms with E-state index in [-0.39, 0.29) is 17.9 Å². The minimum atomic E-state index is -0.0165. The van der Waals surface area contributed by atoms with E-state index in [1.165, 1.54) is 12.8 Å². The third-order valence-electron chi connectivity index (χ3n) is 6.30. The van der Waals surface area contributed by atoms with Crippen LogP contribution < -0.4 is 9.47 Å². The predicted molar refractivity (Wildman–Crippen MR) is 109 cm³/mol. The van der Waals surface area contributed by atoms with E-state index in [1.807, 2.05) is 4.90 Å². The van der Waals surface area contributed by atoms with Gasteiger partial charge in [0.05, 0.1) is 20.3 Å². The molecule has 7 nitrogen and oxygen atoms in total. The molecule has 1 atom stereocenters. The first kappa shape index (κ1) is 20.0. The molecule has 2 aliphatic heterocycles. The Morgan fingerprint density at radius 3 is 2.34 bits per heavy atom. The van der Waals surface area contributed by atoms with Gasteiger partial charge in [0.25, 0.3) is 5.91 Å². The zero-order valence-electron chi connectivity index (χ0n) is 17.4. The molecule has 1 aliphatic carbocycles. The van der Waals surface area contributed by atoms with E-state index >= 15 is 0 Å². The van der Waals surface area contributed by atoms with Crippen molar-refractivity contribution in [3.8, 4) is 11.5 Å². The van der Waals surface area contributed by atoms with Gasteiger partial charge in [-0.3, -0.25) is 14.5 Å². The van der Waals surface area contributed by atoms with Gasteiger partial charge in [-0.1, -0.05) is 0 Å². The zero-order valence-corrected chi connectivity index (χ0v) is 17.4. The molecule has 0 radical (unpaired) electrons. The van der Waals surface area contributed by atoms with Crippen LogP contribution in [0.4, 0.5) is 0 Å². The van der Waals surface area contributed by atoms with Crippen LogP contribution in [0.15, 0.2) is 18.2 Å². The average Bonchev–Trinajstić information content (AvgIpc) is 3.53. The van der Waals surface area contributed by atoms with E-state index in [0.717, 1.165) is 44.9 Å². The van der Waals surface area contributed by atoms with E-state index in [4.69, 9.17) is 9.47 Å². The summed E-state index contributed by atoms with van der Waals surface area (Å²) in [4.78, 5) is 32.1. The van der Waals surface area contributed by atoms with Gasteiger partial charge < -0.3 is 19.3 Å². The Hall–Kier alpha value is -2.28. The van der Waals surface area contributed by atoms with Gasteiger partial charge in [0.1, 0.15) is 11.5 Å². The predicted octanol–water partition coefficient (Wildman–Crippen LogP) is 1.86. The number of likely N-dealkylation sites (tertiary alicyclic amines) is 1. The fourth-order valence-corrected chi connectivity index (χ4v) is 4.42. The number of methoxy groups -OCH3 is 2. The third-order valence-corrected chi connectivity index (χ3v) is 6.30. The van der Waals surface area contributed by atoms with E-state index in [2.05, 4.69) is 9.80 Å². The number of ether oxygens (including phenoxy) is 2. The maximum absolute atomic E-state index is 13.1. The first-order chi connectivity index (χ1) is 14.1. The standard InChI is InChI=1S/C22H31N3O4/c1-28-18-12-17(13-19(14-18)29-2)21(26)24-8-3-7-23(10-11-24)20-6-9-25(22(20)27)15-16-4-5-16/h12-14,16,20H,3-11,15H2,1-2H3/t20-/m0/s1. The summed E-state index contributed by atoms with van der Waals surface area (Å²) >= 11 is 0. The lowest BCUT2D eigenvalue weighted by molar-refractivity contribution is -0.132. The van der Waals surface area contributed by atoms with Gasteiger partial charge >= 0.3 is 0 Å². The van der Waals surface area contributed by atoms with Crippen LogP contribution in [0.5, 0.6) is 11.5 Å². The fourth-order valence-electron chi connectivity index (χ4n) is 4.42. The van der Waals surface area contributed by atoms with Crippen molar-refractivity contribution in [2.45, 2.75) is 31.7 Å². The SMILES string of the molecule is COc1cc(OC)cc(C(=O)N2CCCN([C@H]3CCN(CC4CC4)C3=O)CC2)c1. The highest BCUT2D eigenvalue weighted by molar-refractivity contribution is 5.95. The monoisotopic (exact) mass is 401 g/mol. The molecule has 0 N–H and O–H groups in total. The van der Waals surface area contributed by atoms with Crippen LogP contribution in [-0.4, -0.2) is 86.0 Å². The zero-order chi connectivity index (χ0) is 20.4. The number of benzene rings is 1. The van der Waals surface area contributed by atoms with Crippen molar-refractivity contribution >= 4 is 11.8 Å². The topological polar surface area (TPSA) is 62.3 Å². The van der Waals surface area contributed by atoms with E-state index in [9.17, 15) is 9.59 Å². The number of nitrogens with zero attached hydrogens (tertiary/aromatic N) is 3. The second-order valence-electron chi connectivity index (χ2n) is 8.32. The Morgan fingerprint density at radius 1 is 0.966 bits per heavy atom. The largest absolute Gasteiger partial charge is 0.497 e. The summed E-state index contributed by atoms with van der Waals surface area (Å²) in [5, 5.41) is 0. The van der Waals surface area contributed by atoms with Crippen LogP contribution in [0.25, 0.3) is 0 Å². The Bertz CT molecular complexity index is 742. The van der Waals surface area contributed by atoms with Crippen LogP contribution in [-0.2, 0) is 4.79 Å². The van der Waals surface area contributed by atoms with Crippen molar-refractivity contribution in [2.24, 2.45) is 5.92 Å². The molecule has 1 aromatic rings. The van der Waals surface area contributed by atoms with Gasteiger partial charge in [-0.15, -0.1) is 0 Å². The lowest BCUT2D eigenvalue weighted by Crippen LogP contribution is -2.44. The first-order valence-corrected chi connectivity index (χ1v) is 10.6. The maximum Gasteiger partial charge on any atom is 0.254 e. The second-order valence-corrected chi connectivity index (χ2v) is 8.32. The summed E-state index contributed by atoms with van der Waals surface area (Å²) in [5.74, 6) is 2.22. The summed E-state index contributed by atoms with van der Waals surface area (Å²) in [6, 6.07) is 5.26. The van der Waals surface area contributed by atoms with Gasteiger partial charge in [0.15, 0.2) is 0 Å². The molecule has 158 valence electrons. The molecule has 2 amide bonds. The molecular weight excluding hydrogens is 370 g/mol. The van der Waals surface area contributed by atoms with Crippen molar-refractivity contribution in [1.29, 1.82) is 0 Å². The molecule has 7 heteroatoms. The maximum atomic E-state index is 13.1. The van der Waals surface area contributed by atoms with Crippen LogP contribution in [0.2, 0.25) is 0 Å². The fraction of sp³-hybridized carbons (Fsp3) is 0.636. The van der Waals surface area contributed by atoms with E-state index in [1.54, 1.807) is 32.4 Å². The first-order valence-electron chi connectivity index (χ1n) is 10.6. The van der Waals surface area contributed by atoms with Gasteiger partial charge in [-0.2, -0.15) is 0 Å². The molecule has 4 rings (SSSR count). The summed E-state index contributed by atoms with van der Waals surface area (Å²) in [7, 11) is 3.16. The van der Waals surface area contributed by atoms with Gasteiger partial charge in [0.2, 0.25) is 5.91 Å². The van der Waals surface area contributed by atoms with Crippen molar-refractivity contribution in [1.82, 2.24) is 14.7 Å². The third kappa shape index (κ3) is 4.50. The molecule has 2 saturated heterocycles. The number of hydrogen-bond donors (Lipinski definition) is 0. The summed E-state index contributed by atoms with van der Waals surface area (Å²) < 4.78 is 10.6. The van der Waals surface area contributed by atoms with Crippen molar-refractivity contribution in [3.05, 3.63) is 23.8 Å². The van der Waals surface area contributed by atoms with Gasteiger partial charge in [-0.25, -0.2) is 0 Å². The van der Waals surface area contributed by atoms with Gasteiger partial charge in [-0.05, 0) is 43.7 Å². The smallest absolute Gasteiger partial charge is 0.254 e. The molecule has 0 aromatic heterocycles. The minimum absolute atomic E-state index is 0.0132. The quantitative estimate of drug-likeness (QED) is 0.728. The van der Waals surface area contributed by atoms with Crippen LogP contribution in [0.1, 0.15) is 36.0 Å². The Kier molecular flexibility index (Phi) is 5.94. The lowest BCUT2D eigenvalue weighted by Gasteiger charge is -2.26. The van der Waals surface area contributed by atoms with Crippen molar-refractivity contribution in [3.63, 3.8) is 0 Å². The molecule has 0 unspecified atom stereocenters. The normalized spacial score (nSPS) is 23.2. The Labute approximate surface area is 172 Å². The van der Waals surface area contributed by atoms with Crippen LogP contribution in [0.3, 0.4) is 0 Å². The molecular formula is C22H31N3O4. The minimum Gasteiger partial charge on any atom is -0.497 e. The number of carbonyl (C=O) groups is 2. The van der Waals surface area contributed by atoms with Crippen LogP contribution >= 0.6 is 0 Å². The van der Waals surface area contributed by atoms with Crippen molar-refractivity contribution < 1.29 is 19.1 Å².